The van der Waals surface area contributed by atoms with Crippen LogP contribution in [-0.4, -0.2) is 32.2 Å². The van der Waals surface area contributed by atoms with Crippen molar-refractivity contribution in [2.75, 3.05) is 26.6 Å². The molecule has 2 N–H and O–H groups in total. The Morgan fingerprint density at radius 2 is 1.58 bits per heavy atom. The van der Waals surface area contributed by atoms with Gasteiger partial charge in [-0.1, -0.05) is 18.2 Å². The van der Waals surface area contributed by atoms with Crippen LogP contribution in [0.2, 0.25) is 0 Å². The van der Waals surface area contributed by atoms with Crippen LogP contribution in [0.5, 0.6) is 17.2 Å². The number of para-hydroxylation sites is 1. The maximum Gasteiger partial charge on any atom is 0.293 e. The molecule has 3 rings (SSSR count). The summed E-state index contributed by atoms with van der Waals surface area (Å²) in [6.07, 6.45) is 0. The lowest BCUT2D eigenvalue weighted by Crippen LogP contribution is -2.26. The Morgan fingerprint density at radius 3 is 2.12 bits per heavy atom. The first kappa shape index (κ1) is 23.4. The molecule has 0 bridgehead atoms. The number of nitrogens with zero attached hydrogens (tertiary/aromatic N) is 1. The van der Waals surface area contributed by atoms with Gasteiger partial charge in [0.05, 0.1) is 32.3 Å². The molecule has 9 heteroatoms. The van der Waals surface area contributed by atoms with Crippen LogP contribution < -0.4 is 24.8 Å². The number of methoxy groups -OCH3 is 3. The Labute approximate surface area is 191 Å². The Hall–Kier alpha value is -4.27. The topological polar surface area (TPSA) is 112 Å². The minimum absolute atomic E-state index is 0.166. The number of benzene rings is 3. The van der Waals surface area contributed by atoms with Gasteiger partial charge in [-0.3, -0.25) is 14.9 Å². The fraction of sp³-hybridized carbons (Fsp3) is 0.208. The van der Waals surface area contributed by atoms with E-state index in [2.05, 4.69) is 10.6 Å². The molecule has 0 saturated carbocycles. The second kappa shape index (κ2) is 10.4. The number of carbonyl (C=O) groups is 1. The van der Waals surface area contributed by atoms with E-state index in [1.807, 2.05) is 18.2 Å². The molecule has 0 aliphatic heterocycles. The Balaban J connectivity index is 1.84. The van der Waals surface area contributed by atoms with E-state index in [-0.39, 0.29) is 11.3 Å². The van der Waals surface area contributed by atoms with E-state index in [0.717, 1.165) is 5.56 Å². The van der Waals surface area contributed by atoms with Crippen LogP contribution >= 0.6 is 0 Å². The molecule has 0 aliphatic carbocycles. The lowest BCUT2D eigenvalue weighted by atomic mass is 10.1. The third-order valence-corrected chi connectivity index (χ3v) is 5.04. The highest BCUT2D eigenvalue weighted by Crippen LogP contribution is 2.39. The van der Waals surface area contributed by atoms with Crippen LogP contribution in [0, 0.1) is 10.1 Å². The molecule has 9 nitrogen and oxygen atoms in total. The monoisotopic (exact) mass is 451 g/mol. The van der Waals surface area contributed by atoms with Crippen LogP contribution in [0.1, 0.15) is 28.9 Å². The van der Waals surface area contributed by atoms with Gasteiger partial charge in [0.25, 0.3) is 11.6 Å². The van der Waals surface area contributed by atoms with E-state index < -0.39 is 16.9 Å². The number of amides is 1. The Bertz CT molecular complexity index is 1130. The molecule has 172 valence electrons. The van der Waals surface area contributed by atoms with Gasteiger partial charge >= 0.3 is 0 Å². The first-order valence-electron chi connectivity index (χ1n) is 10.1. The van der Waals surface area contributed by atoms with Crippen molar-refractivity contribution < 1.29 is 23.9 Å². The van der Waals surface area contributed by atoms with E-state index in [0.29, 0.717) is 28.6 Å². The molecule has 0 aromatic heterocycles. The maximum atomic E-state index is 12.9. The van der Waals surface area contributed by atoms with Crippen molar-refractivity contribution in [3.05, 3.63) is 81.9 Å². The van der Waals surface area contributed by atoms with Crippen LogP contribution in [0.15, 0.2) is 60.7 Å². The lowest BCUT2D eigenvalue weighted by Gasteiger charge is -2.19. The highest BCUT2D eigenvalue weighted by Gasteiger charge is 2.21. The Morgan fingerprint density at radius 1 is 0.939 bits per heavy atom. The number of nitro benzene ring substituents is 1. The summed E-state index contributed by atoms with van der Waals surface area (Å²) in [6, 6.07) is 16.4. The fourth-order valence-corrected chi connectivity index (χ4v) is 3.32. The number of carbonyl (C=O) groups excluding carboxylic acids is 1. The summed E-state index contributed by atoms with van der Waals surface area (Å²) in [7, 11) is 4.53. The van der Waals surface area contributed by atoms with Crippen molar-refractivity contribution in [1.82, 2.24) is 5.32 Å². The molecule has 1 atom stereocenters. The minimum Gasteiger partial charge on any atom is -0.493 e. The van der Waals surface area contributed by atoms with Gasteiger partial charge in [-0.05, 0) is 48.9 Å². The molecule has 33 heavy (non-hydrogen) atoms. The van der Waals surface area contributed by atoms with Crippen LogP contribution in [0.3, 0.4) is 0 Å². The standard InChI is InChI=1S/C24H25N3O6/c1-15(17-13-21(31-2)23(33-4)22(14-17)32-3)25-24(28)16-10-11-19(20(12-16)27(29)30)26-18-8-6-5-7-9-18/h5-15,26H,1-4H3,(H,25,28). The number of nitro groups is 1. The van der Waals surface area contributed by atoms with Crippen LogP contribution in [0.25, 0.3) is 0 Å². The van der Waals surface area contributed by atoms with Crippen molar-refractivity contribution in [2.45, 2.75) is 13.0 Å². The molecule has 0 radical (unpaired) electrons. The number of anilines is 2. The zero-order valence-corrected chi connectivity index (χ0v) is 18.7. The number of hydrogen-bond donors (Lipinski definition) is 2. The smallest absolute Gasteiger partial charge is 0.293 e. The van der Waals surface area contributed by atoms with Crippen molar-refractivity contribution in [2.24, 2.45) is 0 Å². The van der Waals surface area contributed by atoms with Crippen molar-refractivity contribution in [1.29, 1.82) is 0 Å². The second-order valence-corrected chi connectivity index (χ2v) is 7.13. The molecule has 3 aromatic rings. The van der Waals surface area contributed by atoms with Gasteiger partial charge in [-0.25, -0.2) is 0 Å². The highest BCUT2D eigenvalue weighted by molar-refractivity contribution is 5.96. The summed E-state index contributed by atoms with van der Waals surface area (Å²) >= 11 is 0. The number of hydrogen-bond acceptors (Lipinski definition) is 7. The minimum atomic E-state index is -0.523. The SMILES string of the molecule is COc1cc(C(C)NC(=O)c2ccc(Nc3ccccc3)c([N+](=O)[O-])c2)cc(OC)c1OC. The van der Waals surface area contributed by atoms with Crippen molar-refractivity contribution in [3.63, 3.8) is 0 Å². The molecule has 1 unspecified atom stereocenters. The summed E-state index contributed by atoms with van der Waals surface area (Å²) in [4.78, 5) is 24.0. The highest BCUT2D eigenvalue weighted by atomic mass is 16.6. The van der Waals surface area contributed by atoms with Gasteiger partial charge < -0.3 is 24.8 Å². The van der Waals surface area contributed by atoms with Gasteiger partial charge in [0, 0.05) is 17.3 Å². The number of rotatable bonds is 9. The van der Waals surface area contributed by atoms with Crippen molar-refractivity contribution >= 4 is 23.0 Å². The van der Waals surface area contributed by atoms with Crippen molar-refractivity contribution in [3.8, 4) is 17.2 Å². The molecule has 3 aromatic carbocycles. The van der Waals surface area contributed by atoms with Gasteiger partial charge in [0.15, 0.2) is 11.5 Å². The molecule has 0 heterocycles. The normalized spacial score (nSPS) is 11.3. The fourth-order valence-electron chi connectivity index (χ4n) is 3.32. The average Bonchev–Trinajstić information content (AvgIpc) is 2.83. The first-order chi connectivity index (χ1) is 15.9. The summed E-state index contributed by atoms with van der Waals surface area (Å²) < 4.78 is 16.1. The van der Waals surface area contributed by atoms with Crippen LogP contribution in [-0.2, 0) is 0 Å². The summed E-state index contributed by atoms with van der Waals surface area (Å²) in [5, 5.41) is 17.5. The zero-order valence-electron chi connectivity index (χ0n) is 18.7. The largest absolute Gasteiger partial charge is 0.493 e. The van der Waals surface area contributed by atoms with E-state index in [1.54, 1.807) is 31.2 Å². The molecular formula is C24H25N3O6. The summed E-state index contributed by atoms with van der Waals surface area (Å²) in [5.41, 5.74) is 1.68. The molecule has 0 fully saturated rings. The lowest BCUT2D eigenvalue weighted by molar-refractivity contribution is -0.383. The predicted octanol–water partition coefficient (Wildman–Crippen LogP) is 4.86. The third-order valence-electron chi connectivity index (χ3n) is 5.04. The number of nitrogens with one attached hydrogen (secondary N) is 2. The van der Waals surface area contributed by atoms with E-state index in [9.17, 15) is 14.9 Å². The zero-order chi connectivity index (χ0) is 24.0. The molecule has 0 aliphatic rings. The first-order valence-corrected chi connectivity index (χ1v) is 10.1. The van der Waals surface area contributed by atoms with Gasteiger partial charge in [-0.15, -0.1) is 0 Å². The predicted molar refractivity (Wildman–Crippen MR) is 125 cm³/mol. The molecular weight excluding hydrogens is 426 g/mol. The number of ether oxygens (including phenoxy) is 3. The quantitative estimate of drug-likeness (QED) is 0.353. The van der Waals surface area contributed by atoms with Gasteiger partial charge in [0.2, 0.25) is 5.75 Å². The molecule has 0 saturated heterocycles. The van der Waals surface area contributed by atoms with Gasteiger partial charge in [0.1, 0.15) is 5.69 Å². The third kappa shape index (κ3) is 5.32. The van der Waals surface area contributed by atoms with E-state index in [1.165, 1.54) is 39.5 Å². The van der Waals surface area contributed by atoms with E-state index in [4.69, 9.17) is 14.2 Å². The summed E-state index contributed by atoms with van der Waals surface area (Å²) in [6.45, 7) is 1.79. The van der Waals surface area contributed by atoms with E-state index >= 15 is 0 Å². The maximum absolute atomic E-state index is 12.9. The average molecular weight is 451 g/mol. The van der Waals surface area contributed by atoms with Gasteiger partial charge in [-0.2, -0.15) is 0 Å². The summed E-state index contributed by atoms with van der Waals surface area (Å²) in [5.74, 6) is 0.907. The molecule has 1 amide bonds. The molecule has 0 spiro atoms. The second-order valence-electron chi connectivity index (χ2n) is 7.13. The van der Waals surface area contributed by atoms with Crippen LogP contribution in [0.4, 0.5) is 17.1 Å². The Kier molecular flexibility index (Phi) is 7.34.